The van der Waals surface area contributed by atoms with Gasteiger partial charge in [0.25, 0.3) is 0 Å². The summed E-state index contributed by atoms with van der Waals surface area (Å²) in [5.41, 5.74) is 0.939. The lowest BCUT2D eigenvalue weighted by Crippen LogP contribution is -2.36. The fourth-order valence-electron chi connectivity index (χ4n) is 1.44. The summed E-state index contributed by atoms with van der Waals surface area (Å²) in [6.07, 6.45) is 0. The van der Waals surface area contributed by atoms with Gasteiger partial charge in [-0.1, -0.05) is 32.0 Å². The molecule has 3 heteroatoms. The summed E-state index contributed by atoms with van der Waals surface area (Å²) in [6.45, 7) is 6.23. The maximum absolute atomic E-state index is 11.7. The molecule has 0 aromatic heterocycles. The van der Waals surface area contributed by atoms with Gasteiger partial charge in [0.05, 0.1) is 6.61 Å². The molecule has 1 rings (SSSR count). The number of esters is 1. The zero-order chi connectivity index (χ0) is 12.0. The van der Waals surface area contributed by atoms with E-state index in [1.54, 1.807) is 0 Å². The predicted molar refractivity (Wildman–Crippen MR) is 65.3 cm³/mol. The minimum absolute atomic E-state index is 0.193. The van der Waals surface area contributed by atoms with Crippen LogP contribution in [-0.2, 0) is 9.53 Å². The van der Waals surface area contributed by atoms with Crippen molar-refractivity contribution in [1.29, 1.82) is 0 Å². The predicted octanol–water partition coefficient (Wildman–Crippen LogP) is 2.69. The molecule has 0 aliphatic rings. The normalized spacial score (nSPS) is 12.2. The second-order valence-corrected chi connectivity index (χ2v) is 3.98. The first-order chi connectivity index (χ1) is 7.65. The average molecular weight is 221 g/mol. The molecule has 1 N–H and O–H groups in total. The maximum atomic E-state index is 11.7. The highest BCUT2D eigenvalue weighted by Gasteiger charge is 2.22. The Morgan fingerprint density at radius 3 is 2.44 bits per heavy atom. The van der Waals surface area contributed by atoms with Crippen molar-refractivity contribution in [2.24, 2.45) is 5.92 Å². The van der Waals surface area contributed by atoms with Crippen LogP contribution in [0.5, 0.6) is 0 Å². The van der Waals surface area contributed by atoms with Gasteiger partial charge in [-0.3, -0.25) is 0 Å². The molecule has 1 aromatic rings. The van der Waals surface area contributed by atoms with Crippen molar-refractivity contribution in [3.8, 4) is 0 Å². The molecule has 0 unspecified atom stereocenters. The Labute approximate surface area is 96.8 Å². The van der Waals surface area contributed by atoms with E-state index in [4.69, 9.17) is 4.74 Å². The van der Waals surface area contributed by atoms with Gasteiger partial charge in [0.2, 0.25) is 0 Å². The van der Waals surface area contributed by atoms with Crippen LogP contribution in [0.2, 0.25) is 0 Å². The molecule has 0 aliphatic carbocycles. The maximum Gasteiger partial charge on any atom is 0.328 e. The van der Waals surface area contributed by atoms with Crippen LogP contribution in [0.3, 0.4) is 0 Å². The number of carbonyl (C=O) groups is 1. The average Bonchev–Trinajstić information content (AvgIpc) is 2.27. The first-order valence-corrected chi connectivity index (χ1v) is 5.63. The third kappa shape index (κ3) is 3.57. The fraction of sp³-hybridized carbons (Fsp3) is 0.462. The zero-order valence-corrected chi connectivity index (χ0v) is 10.1. The van der Waals surface area contributed by atoms with Gasteiger partial charge < -0.3 is 10.1 Å². The van der Waals surface area contributed by atoms with E-state index in [2.05, 4.69) is 5.32 Å². The SMILES string of the molecule is CCOC(=O)[C@@H](Nc1ccccc1)C(C)C. The van der Waals surface area contributed by atoms with Gasteiger partial charge >= 0.3 is 5.97 Å². The topological polar surface area (TPSA) is 38.3 Å². The van der Waals surface area contributed by atoms with Crippen LogP contribution in [-0.4, -0.2) is 18.6 Å². The molecule has 88 valence electrons. The Morgan fingerprint density at radius 1 is 1.31 bits per heavy atom. The molecule has 16 heavy (non-hydrogen) atoms. The molecule has 3 nitrogen and oxygen atoms in total. The van der Waals surface area contributed by atoms with Crippen LogP contribution in [0.4, 0.5) is 5.69 Å². The monoisotopic (exact) mass is 221 g/mol. The third-order valence-corrected chi connectivity index (χ3v) is 2.30. The number of ether oxygens (including phenoxy) is 1. The molecule has 0 saturated carbocycles. The smallest absolute Gasteiger partial charge is 0.328 e. The Balaban J connectivity index is 2.69. The summed E-state index contributed by atoms with van der Waals surface area (Å²) < 4.78 is 5.04. The molecule has 0 aliphatic heterocycles. The molecule has 0 amide bonds. The molecule has 1 aromatic carbocycles. The molecule has 0 heterocycles. The number of rotatable bonds is 5. The first-order valence-electron chi connectivity index (χ1n) is 5.63. The van der Waals surface area contributed by atoms with Crippen LogP contribution in [0.15, 0.2) is 30.3 Å². The van der Waals surface area contributed by atoms with Crippen LogP contribution in [0, 0.1) is 5.92 Å². The number of hydrogen-bond acceptors (Lipinski definition) is 3. The first kappa shape index (κ1) is 12.6. The highest BCUT2D eigenvalue weighted by Crippen LogP contribution is 2.13. The van der Waals surface area contributed by atoms with E-state index in [9.17, 15) is 4.79 Å². The van der Waals surface area contributed by atoms with E-state index in [0.717, 1.165) is 5.69 Å². The lowest BCUT2D eigenvalue weighted by Gasteiger charge is -2.21. The van der Waals surface area contributed by atoms with Gasteiger partial charge in [-0.25, -0.2) is 4.79 Å². The van der Waals surface area contributed by atoms with Gasteiger partial charge in [0.15, 0.2) is 0 Å². The Morgan fingerprint density at radius 2 is 1.94 bits per heavy atom. The van der Waals surface area contributed by atoms with Gasteiger partial charge in [-0.05, 0) is 25.0 Å². The van der Waals surface area contributed by atoms with E-state index < -0.39 is 0 Å². The standard InChI is InChI=1S/C13H19NO2/c1-4-16-13(15)12(10(2)3)14-11-8-6-5-7-9-11/h5-10,12,14H,4H2,1-3H3/t12-/m0/s1. The molecule has 0 spiro atoms. The summed E-state index contributed by atoms with van der Waals surface area (Å²) in [4.78, 5) is 11.7. The minimum atomic E-state index is -0.289. The van der Waals surface area contributed by atoms with E-state index >= 15 is 0 Å². The number of anilines is 1. The van der Waals surface area contributed by atoms with Crippen molar-refractivity contribution in [2.45, 2.75) is 26.8 Å². The quantitative estimate of drug-likeness (QED) is 0.777. The Kier molecular flexibility index (Phi) is 4.83. The molecule has 0 bridgehead atoms. The van der Waals surface area contributed by atoms with Crippen LogP contribution in [0.1, 0.15) is 20.8 Å². The summed E-state index contributed by atoms with van der Waals surface area (Å²) in [7, 11) is 0. The van der Waals surface area contributed by atoms with E-state index in [1.165, 1.54) is 0 Å². The third-order valence-electron chi connectivity index (χ3n) is 2.30. The number of para-hydroxylation sites is 1. The van der Waals surface area contributed by atoms with Crippen LogP contribution < -0.4 is 5.32 Å². The Hall–Kier alpha value is -1.51. The van der Waals surface area contributed by atoms with Crippen molar-refractivity contribution in [3.05, 3.63) is 30.3 Å². The minimum Gasteiger partial charge on any atom is -0.464 e. The number of nitrogens with one attached hydrogen (secondary N) is 1. The van der Waals surface area contributed by atoms with Crippen molar-refractivity contribution in [2.75, 3.05) is 11.9 Å². The van der Waals surface area contributed by atoms with Crippen LogP contribution in [0.25, 0.3) is 0 Å². The number of hydrogen-bond donors (Lipinski definition) is 1. The van der Waals surface area contributed by atoms with E-state index in [0.29, 0.717) is 6.61 Å². The molecule has 0 saturated heterocycles. The summed E-state index contributed by atoms with van der Waals surface area (Å²) in [5.74, 6) is 0.000564. The molecule has 0 radical (unpaired) electrons. The van der Waals surface area contributed by atoms with E-state index in [1.807, 2.05) is 51.1 Å². The lowest BCUT2D eigenvalue weighted by molar-refractivity contribution is -0.145. The van der Waals surface area contributed by atoms with Crippen molar-refractivity contribution >= 4 is 11.7 Å². The Bertz CT molecular complexity index is 322. The number of carbonyl (C=O) groups excluding carboxylic acids is 1. The van der Waals surface area contributed by atoms with E-state index in [-0.39, 0.29) is 17.9 Å². The highest BCUT2D eigenvalue weighted by molar-refractivity contribution is 5.79. The molecule has 1 atom stereocenters. The van der Waals surface area contributed by atoms with Crippen molar-refractivity contribution in [1.82, 2.24) is 0 Å². The van der Waals surface area contributed by atoms with Gasteiger partial charge in [-0.15, -0.1) is 0 Å². The molecular formula is C13H19NO2. The van der Waals surface area contributed by atoms with Gasteiger partial charge in [0.1, 0.15) is 6.04 Å². The highest BCUT2D eigenvalue weighted by atomic mass is 16.5. The zero-order valence-electron chi connectivity index (χ0n) is 10.1. The second-order valence-electron chi connectivity index (χ2n) is 3.98. The van der Waals surface area contributed by atoms with Crippen LogP contribution >= 0.6 is 0 Å². The lowest BCUT2D eigenvalue weighted by atomic mass is 10.0. The summed E-state index contributed by atoms with van der Waals surface area (Å²) in [5, 5.41) is 3.19. The second kappa shape index (κ2) is 6.16. The largest absolute Gasteiger partial charge is 0.464 e. The van der Waals surface area contributed by atoms with Gasteiger partial charge in [-0.2, -0.15) is 0 Å². The number of benzene rings is 1. The van der Waals surface area contributed by atoms with Crippen molar-refractivity contribution < 1.29 is 9.53 Å². The summed E-state index contributed by atoms with van der Waals surface area (Å²) in [6, 6.07) is 9.40. The van der Waals surface area contributed by atoms with Gasteiger partial charge in [0, 0.05) is 5.69 Å². The molecule has 0 fully saturated rings. The fourth-order valence-corrected chi connectivity index (χ4v) is 1.44. The summed E-state index contributed by atoms with van der Waals surface area (Å²) >= 11 is 0. The van der Waals surface area contributed by atoms with Crippen molar-refractivity contribution in [3.63, 3.8) is 0 Å². The molecular weight excluding hydrogens is 202 g/mol.